The van der Waals surface area contributed by atoms with E-state index in [9.17, 15) is 14.7 Å². The Morgan fingerprint density at radius 2 is 2.22 bits per heavy atom. The Morgan fingerprint density at radius 1 is 1.44 bits per heavy atom. The minimum atomic E-state index is -1.01. The Hall–Kier alpha value is -1.88. The van der Waals surface area contributed by atoms with E-state index >= 15 is 0 Å². The van der Waals surface area contributed by atoms with Crippen molar-refractivity contribution in [3.63, 3.8) is 0 Å². The fourth-order valence-electron chi connectivity index (χ4n) is 2.97. The summed E-state index contributed by atoms with van der Waals surface area (Å²) in [5, 5.41) is 11.8. The summed E-state index contributed by atoms with van der Waals surface area (Å²) in [7, 11) is 0. The van der Waals surface area contributed by atoms with Crippen LogP contribution >= 0.6 is 0 Å². The minimum absolute atomic E-state index is 0.168. The molecule has 5 heteroatoms. The SMILES string of the molecule is O=C1CC2(COCc3ccccc32)C(C(=O)O)N1. The van der Waals surface area contributed by atoms with Gasteiger partial charge in [-0.3, -0.25) is 4.79 Å². The van der Waals surface area contributed by atoms with Crippen molar-refractivity contribution < 1.29 is 19.4 Å². The first-order valence-corrected chi connectivity index (χ1v) is 5.82. The average molecular weight is 247 g/mol. The van der Waals surface area contributed by atoms with Gasteiger partial charge in [0.2, 0.25) is 5.91 Å². The molecule has 0 saturated carbocycles. The fourth-order valence-corrected chi connectivity index (χ4v) is 2.97. The highest BCUT2D eigenvalue weighted by molar-refractivity contribution is 5.91. The van der Waals surface area contributed by atoms with Crippen LogP contribution in [-0.2, 0) is 26.3 Å². The van der Waals surface area contributed by atoms with Crippen molar-refractivity contribution in [3.8, 4) is 0 Å². The van der Waals surface area contributed by atoms with E-state index in [0.717, 1.165) is 11.1 Å². The summed E-state index contributed by atoms with van der Waals surface area (Å²) in [5.74, 6) is -1.25. The van der Waals surface area contributed by atoms with E-state index in [0.29, 0.717) is 6.61 Å². The smallest absolute Gasteiger partial charge is 0.327 e. The molecule has 1 spiro atoms. The van der Waals surface area contributed by atoms with Crippen LogP contribution in [0.5, 0.6) is 0 Å². The third-order valence-electron chi connectivity index (χ3n) is 3.75. The zero-order valence-corrected chi connectivity index (χ0v) is 9.68. The molecule has 2 unspecified atom stereocenters. The molecule has 2 atom stereocenters. The number of fused-ring (bicyclic) bond motifs is 2. The molecule has 1 fully saturated rings. The number of benzene rings is 1. The lowest BCUT2D eigenvalue weighted by Crippen LogP contribution is -2.51. The first-order valence-electron chi connectivity index (χ1n) is 5.82. The molecule has 0 aliphatic carbocycles. The van der Waals surface area contributed by atoms with Gasteiger partial charge in [0.1, 0.15) is 6.04 Å². The standard InChI is InChI=1S/C13H13NO4/c15-10-5-13(11(14-10)12(16)17)7-18-6-8-3-1-2-4-9(8)13/h1-4,11H,5-7H2,(H,14,15)(H,16,17). The summed E-state index contributed by atoms with van der Waals surface area (Å²) in [4.78, 5) is 23.0. The Bertz CT molecular complexity index is 527. The number of carboxylic acids is 1. The third-order valence-corrected chi connectivity index (χ3v) is 3.75. The van der Waals surface area contributed by atoms with Crippen molar-refractivity contribution in [1.82, 2.24) is 5.32 Å². The molecule has 3 rings (SSSR count). The Morgan fingerprint density at radius 3 is 3.00 bits per heavy atom. The highest BCUT2D eigenvalue weighted by Gasteiger charge is 2.54. The number of ether oxygens (including phenoxy) is 1. The second-order valence-corrected chi connectivity index (χ2v) is 4.82. The van der Waals surface area contributed by atoms with Crippen LogP contribution in [0.3, 0.4) is 0 Å². The second-order valence-electron chi connectivity index (χ2n) is 4.82. The molecular weight excluding hydrogens is 234 g/mol. The molecule has 0 bridgehead atoms. The predicted octanol–water partition coefficient (Wildman–Crippen LogP) is 0.428. The molecular formula is C13H13NO4. The first kappa shape index (κ1) is 11.2. The molecule has 2 heterocycles. The number of carbonyl (C=O) groups excluding carboxylic acids is 1. The Labute approximate surface area is 104 Å². The fraction of sp³-hybridized carbons (Fsp3) is 0.385. The van der Waals surface area contributed by atoms with E-state index in [4.69, 9.17) is 4.74 Å². The van der Waals surface area contributed by atoms with E-state index in [1.54, 1.807) is 0 Å². The van der Waals surface area contributed by atoms with Gasteiger partial charge in [-0.2, -0.15) is 0 Å². The van der Waals surface area contributed by atoms with Crippen LogP contribution in [0.4, 0.5) is 0 Å². The summed E-state index contributed by atoms with van der Waals surface area (Å²) in [6, 6.07) is 6.66. The monoisotopic (exact) mass is 247 g/mol. The zero-order chi connectivity index (χ0) is 12.8. The summed E-state index contributed by atoms with van der Waals surface area (Å²) < 4.78 is 5.51. The van der Waals surface area contributed by atoms with Crippen LogP contribution in [0.25, 0.3) is 0 Å². The van der Waals surface area contributed by atoms with E-state index in [2.05, 4.69) is 5.32 Å². The van der Waals surface area contributed by atoms with Crippen LogP contribution in [0.2, 0.25) is 0 Å². The van der Waals surface area contributed by atoms with Gasteiger partial charge in [-0.15, -0.1) is 0 Å². The van der Waals surface area contributed by atoms with Gasteiger partial charge in [0.05, 0.1) is 18.6 Å². The average Bonchev–Trinajstić information content (AvgIpc) is 2.68. The van der Waals surface area contributed by atoms with Crippen molar-refractivity contribution in [2.24, 2.45) is 0 Å². The molecule has 2 N–H and O–H groups in total. The van der Waals surface area contributed by atoms with Gasteiger partial charge in [0.15, 0.2) is 0 Å². The summed E-state index contributed by atoms with van der Waals surface area (Å²) >= 11 is 0. The summed E-state index contributed by atoms with van der Waals surface area (Å²) in [6.07, 6.45) is 0.168. The van der Waals surface area contributed by atoms with Gasteiger partial charge in [0, 0.05) is 6.42 Å². The van der Waals surface area contributed by atoms with Crippen molar-refractivity contribution >= 4 is 11.9 Å². The number of hydrogen-bond acceptors (Lipinski definition) is 3. The van der Waals surface area contributed by atoms with Gasteiger partial charge in [-0.25, -0.2) is 4.79 Å². The second kappa shape index (κ2) is 3.81. The number of carboxylic acid groups (broad SMARTS) is 1. The number of amides is 1. The molecule has 2 aliphatic heterocycles. The number of rotatable bonds is 1. The van der Waals surface area contributed by atoms with Crippen LogP contribution < -0.4 is 5.32 Å². The van der Waals surface area contributed by atoms with E-state index in [1.807, 2.05) is 24.3 Å². The highest BCUT2D eigenvalue weighted by atomic mass is 16.5. The topological polar surface area (TPSA) is 75.6 Å². The van der Waals surface area contributed by atoms with Gasteiger partial charge in [0.25, 0.3) is 0 Å². The van der Waals surface area contributed by atoms with Gasteiger partial charge < -0.3 is 15.2 Å². The van der Waals surface area contributed by atoms with E-state index < -0.39 is 17.4 Å². The van der Waals surface area contributed by atoms with Crippen molar-refractivity contribution in [2.45, 2.75) is 24.5 Å². The zero-order valence-electron chi connectivity index (χ0n) is 9.68. The lowest BCUT2D eigenvalue weighted by atomic mass is 9.72. The number of aliphatic carboxylic acids is 1. The largest absolute Gasteiger partial charge is 0.480 e. The summed E-state index contributed by atoms with van der Waals surface area (Å²) in [6.45, 7) is 0.734. The molecule has 5 nitrogen and oxygen atoms in total. The molecule has 1 aromatic carbocycles. The third kappa shape index (κ3) is 1.44. The highest BCUT2D eigenvalue weighted by Crippen LogP contribution is 2.41. The molecule has 18 heavy (non-hydrogen) atoms. The molecule has 0 radical (unpaired) electrons. The molecule has 1 saturated heterocycles. The van der Waals surface area contributed by atoms with Crippen molar-refractivity contribution in [1.29, 1.82) is 0 Å². The van der Waals surface area contributed by atoms with Crippen LogP contribution in [0, 0.1) is 0 Å². The van der Waals surface area contributed by atoms with Crippen molar-refractivity contribution in [3.05, 3.63) is 35.4 Å². The maximum atomic E-state index is 11.6. The molecule has 2 aliphatic rings. The minimum Gasteiger partial charge on any atom is -0.480 e. The normalized spacial score (nSPS) is 30.0. The summed E-state index contributed by atoms with van der Waals surface area (Å²) in [5.41, 5.74) is 1.12. The number of hydrogen-bond donors (Lipinski definition) is 2. The van der Waals surface area contributed by atoms with Gasteiger partial charge >= 0.3 is 5.97 Å². The van der Waals surface area contributed by atoms with Crippen LogP contribution in [0.15, 0.2) is 24.3 Å². The van der Waals surface area contributed by atoms with Crippen molar-refractivity contribution in [2.75, 3.05) is 6.61 Å². The molecule has 1 aromatic rings. The van der Waals surface area contributed by atoms with Crippen LogP contribution in [0.1, 0.15) is 17.5 Å². The maximum Gasteiger partial charge on any atom is 0.327 e. The molecule has 0 aromatic heterocycles. The Kier molecular flexibility index (Phi) is 2.38. The van der Waals surface area contributed by atoms with Gasteiger partial charge in [-0.05, 0) is 11.1 Å². The number of nitrogens with one attached hydrogen (secondary N) is 1. The molecule has 94 valence electrons. The first-order chi connectivity index (χ1) is 8.63. The quantitative estimate of drug-likeness (QED) is 0.754. The lowest BCUT2D eigenvalue weighted by molar-refractivity contribution is -0.142. The maximum absolute atomic E-state index is 11.6. The van der Waals surface area contributed by atoms with E-state index in [-0.39, 0.29) is 18.9 Å². The number of carbonyl (C=O) groups is 2. The predicted molar refractivity (Wildman–Crippen MR) is 62.0 cm³/mol. The van der Waals surface area contributed by atoms with E-state index in [1.165, 1.54) is 0 Å². The van der Waals surface area contributed by atoms with Gasteiger partial charge in [-0.1, -0.05) is 24.3 Å². The molecule has 1 amide bonds. The Balaban J connectivity index is 2.15. The lowest BCUT2D eigenvalue weighted by Gasteiger charge is -2.37. The van der Waals surface area contributed by atoms with Crippen LogP contribution in [-0.4, -0.2) is 29.6 Å².